The lowest BCUT2D eigenvalue weighted by molar-refractivity contribution is -0.145. The largest absolute Gasteiger partial charge is 0.363 e. The van der Waals surface area contributed by atoms with Crippen LogP contribution < -0.4 is 4.90 Å². The minimum absolute atomic E-state index is 0.00215. The first kappa shape index (κ1) is 15.0. The Morgan fingerprint density at radius 3 is 2.61 bits per heavy atom. The number of carbonyl (C=O) groups excluding carboxylic acids is 1. The van der Waals surface area contributed by atoms with E-state index in [1.807, 2.05) is 0 Å². The standard InChI is InChI=1S/C17H24N4O2/c22-16-11-23-17(12-21(16)15-8-18-13-19-9-15)4-6-20(7-5-17)10-14-2-1-3-14/h8-9,13-14H,1-7,10-12H2. The van der Waals surface area contributed by atoms with Gasteiger partial charge in [0.2, 0.25) is 0 Å². The average Bonchev–Trinajstić information content (AvgIpc) is 2.56. The van der Waals surface area contributed by atoms with Crippen LogP contribution in [-0.4, -0.2) is 59.2 Å². The van der Waals surface area contributed by atoms with Crippen molar-refractivity contribution in [2.75, 3.05) is 37.7 Å². The Morgan fingerprint density at radius 2 is 1.96 bits per heavy atom. The number of hydrogen-bond donors (Lipinski definition) is 0. The van der Waals surface area contributed by atoms with E-state index in [-0.39, 0.29) is 18.1 Å². The van der Waals surface area contributed by atoms with Crippen molar-refractivity contribution in [2.45, 2.75) is 37.7 Å². The number of morpholine rings is 1. The van der Waals surface area contributed by atoms with Gasteiger partial charge in [-0.1, -0.05) is 6.42 Å². The van der Waals surface area contributed by atoms with Crippen molar-refractivity contribution in [2.24, 2.45) is 5.92 Å². The molecule has 2 aliphatic heterocycles. The van der Waals surface area contributed by atoms with Gasteiger partial charge in [-0.05, 0) is 31.6 Å². The van der Waals surface area contributed by atoms with Gasteiger partial charge < -0.3 is 14.5 Å². The summed E-state index contributed by atoms with van der Waals surface area (Å²) in [6, 6.07) is 0. The fraction of sp³-hybridized carbons (Fsp3) is 0.706. The maximum absolute atomic E-state index is 12.2. The molecule has 0 bridgehead atoms. The van der Waals surface area contributed by atoms with E-state index in [1.54, 1.807) is 17.3 Å². The lowest BCUT2D eigenvalue weighted by atomic mass is 9.83. The molecule has 3 aliphatic rings. The normalized spacial score (nSPS) is 25.6. The predicted molar refractivity (Wildman–Crippen MR) is 86.1 cm³/mol. The van der Waals surface area contributed by atoms with Crippen molar-refractivity contribution >= 4 is 11.6 Å². The Labute approximate surface area is 136 Å². The fourth-order valence-corrected chi connectivity index (χ4v) is 3.87. The van der Waals surface area contributed by atoms with Crippen LogP contribution in [0.4, 0.5) is 5.69 Å². The van der Waals surface area contributed by atoms with Crippen LogP contribution in [0.15, 0.2) is 18.7 Å². The number of ether oxygens (including phenoxy) is 1. The van der Waals surface area contributed by atoms with Crippen LogP contribution in [0.2, 0.25) is 0 Å². The minimum Gasteiger partial charge on any atom is -0.363 e. The molecule has 23 heavy (non-hydrogen) atoms. The third-order valence-corrected chi connectivity index (χ3v) is 5.62. The molecule has 124 valence electrons. The molecule has 4 rings (SSSR count). The van der Waals surface area contributed by atoms with Gasteiger partial charge in [0.25, 0.3) is 5.91 Å². The van der Waals surface area contributed by atoms with Gasteiger partial charge in [-0.3, -0.25) is 4.79 Å². The van der Waals surface area contributed by atoms with E-state index < -0.39 is 0 Å². The van der Waals surface area contributed by atoms with Crippen molar-refractivity contribution in [1.29, 1.82) is 0 Å². The molecule has 3 heterocycles. The summed E-state index contributed by atoms with van der Waals surface area (Å²) in [6.07, 6.45) is 11.1. The Hall–Kier alpha value is -1.53. The first-order valence-corrected chi connectivity index (χ1v) is 8.66. The number of anilines is 1. The number of amides is 1. The molecule has 0 unspecified atom stereocenters. The van der Waals surface area contributed by atoms with Gasteiger partial charge in [0.15, 0.2) is 0 Å². The molecule has 1 saturated carbocycles. The zero-order valence-corrected chi connectivity index (χ0v) is 13.5. The van der Waals surface area contributed by atoms with Gasteiger partial charge >= 0.3 is 0 Å². The Kier molecular flexibility index (Phi) is 4.03. The Bertz CT molecular complexity index is 553. The summed E-state index contributed by atoms with van der Waals surface area (Å²) in [5, 5.41) is 0. The molecule has 6 nitrogen and oxygen atoms in total. The van der Waals surface area contributed by atoms with Crippen LogP contribution in [0.1, 0.15) is 32.1 Å². The predicted octanol–water partition coefficient (Wildman–Crippen LogP) is 1.47. The van der Waals surface area contributed by atoms with Gasteiger partial charge in [0.1, 0.15) is 12.9 Å². The van der Waals surface area contributed by atoms with Crippen molar-refractivity contribution in [3.05, 3.63) is 18.7 Å². The highest BCUT2D eigenvalue weighted by atomic mass is 16.5. The first-order valence-electron chi connectivity index (χ1n) is 8.66. The molecule has 1 amide bonds. The van der Waals surface area contributed by atoms with E-state index in [0.717, 1.165) is 37.5 Å². The van der Waals surface area contributed by atoms with Crippen LogP contribution in [0, 0.1) is 5.92 Å². The minimum atomic E-state index is -0.195. The Morgan fingerprint density at radius 1 is 1.22 bits per heavy atom. The number of aromatic nitrogens is 2. The van der Waals surface area contributed by atoms with E-state index in [0.29, 0.717) is 6.54 Å². The van der Waals surface area contributed by atoms with E-state index in [1.165, 1.54) is 32.1 Å². The fourth-order valence-electron chi connectivity index (χ4n) is 3.87. The SMILES string of the molecule is O=C1COC2(CCN(CC3CCC3)CC2)CN1c1cncnc1. The number of nitrogens with zero attached hydrogens (tertiary/aromatic N) is 4. The maximum Gasteiger partial charge on any atom is 0.253 e. The van der Waals surface area contributed by atoms with E-state index >= 15 is 0 Å². The molecule has 2 saturated heterocycles. The van der Waals surface area contributed by atoms with E-state index in [9.17, 15) is 4.79 Å². The molecule has 0 radical (unpaired) electrons. The summed E-state index contributed by atoms with van der Waals surface area (Å²) in [4.78, 5) is 24.7. The van der Waals surface area contributed by atoms with Crippen LogP contribution in [-0.2, 0) is 9.53 Å². The number of rotatable bonds is 3. The lowest BCUT2D eigenvalue weighted by Crippen LogP contribution is -2.59. The molecule has 0 N–H and O–H groups in total. The lowest BCUT2D eigenvalue weighted by Gasteiger charge is -2.47. The molecule has 3 fully saturated rings. The topological polar surface area (TPSA) is 58.6 Å². The first-order chi connectivity index (χ1) is 11.2. The highest BCUT2D eigenvalue weighted by Crippen LogP contribution is 2.34. The van der Waals surface area contributed by atoms with E-state index in [2.05, 4.69) is 14.9 Å². The van der Waals surface area contributed by atoms with Crippen LogP contribution in [0.3, 0.4) is 0 Å². The smallest absolute Gasteiger partial charge is 0.253 e. The van der Waals surface area contributed by atoms with E-state index in [4.69, 9.17) is 4.74 Å². The van der Waals surface area contributed by atoms with Gasteiger partial charge in [0, 0.05) is 19.6 Å². The van der Waals surface area contributed by atoms with Crippen LogP contribution >= 0.6 is 0 Å². The highest BCUT2D eigenvalue weighted by molar-refractivity contribution is 5.94. The molecular formula is C17H24N4O2. The number of piperidine rings is 1. The summed E-state index contributed by atoms with van der Waals surface area (Å²) < 4.78 is 6.01. The van der Waals surface area contributed by atoms with Crippen molar-refractivity contribution < 1.29 is 9.53 Å². The van der Waals surface area contributed by atoms with Crippen molar-refractivity contribution in [3.8, 4) is 0 Å². The maximum atomic E-state index is 12.2. The second kappa shape index (κ2) is 6.17. The quantitative estimate of drug-likeness (QED) is 0.845. The number of likely N-dealkylation sites (tertiary alicyclic amines) is 1. The molecule has 0 aromatic carbocycles. The monoisotopic (exact) mass is 316 g/mol. The van der Waals surface area contributed by atoms with Gasteiger partial charge in [0.05, 0.1) is 30.2 Å². The van der Waals surface area contributed by atoms with Crippen LogP contribution in [0.5, 0.6) is 0 Å². The summed E-state index contributed by atoms with van der Waals surface area (Å²) in [6.45, 7) is 4.17. The number of carbonyl (C=O) groups is 1. The van der Waals surface area contributed by atoms with Gasteiger partial charge in [-0.2, -0.15) is 0 Å². The molecule has 1 aliphatic carbocycles. The van der Waals surface area contributed by atoms with Crippen LogP contribution in [0.25, 0.3) is 0 Å². The zero-order chi connectivity index (χ0) is 15.7. The molecule has 1 spiro atoms. The number of hydrogen-bond acceptors (Lipinski definition) is 5. The Balaban J connectivity index is 1.40. The summed E-state index contributed by atoms with van der Waals surface area (Å²) in [5.41, 5.74) is 0.580. The summed E-state index contributed by atoms with van der Waals surface area (Å²) >= 11 is 0. The molecule has 0 atom stereocenters. The molecule has 6 heteroatoms. The zero-order valence-electron chi connectivity index (χ0n) is 13.5. The second-order valence-electron chi connectivity index (χ2n) is 7.15. The second-order valence-corrected chi connectivity index (χ2v) is 7.15. The molecule has 1 aromatic heterocycles. The average molecular weight is 316 g/mol. The molecule has 1 aromatic rings. The summed E-state index contributed by atoms with van der Waals surface area (Å²) in [7, 11) is 0. The third-order valence-electron chi connectivity index (χ3n) is 5.62. The summed E-state index contributed by atoms with van der Waals surface area (Å²) in [5.74, 6) is 0.915. The van der Waals surface area contributed by atoms with Gasteiger partial charge in [-0.15, -0.1) is 0 Å². The third kappa shape index (κ3) is 3.10. The van der Waals surface area contributed by atoms with Crippen molar-refractivity contribution in [1.82, 2.24) is 14.9 Å². The highest BCUT2D eigenvalue weighted by Gasteiger charge is 2.43. The van der Waals surface area contributed by atoms with Gasteiger partial charge in [-0.25, -0.2) is 9.97 Å². The molecular weight excluding hydrogens is 292 g/mol. The van der Waals surface area contributed by atoms with Crippen molar-refractivity contribution in [3.63, 3.8) is 0 Å².